The van der Waals surface area contributed by atoms with Crippen LogP contribution in [-0.4, -0.2) is 0 Å². The lowest BCUT2D eigenvalue weighted by molar-refractivity contribution is 1.28. The van der Waals surface area contributed by atoms with Crippen molar-refractivity contribution in [1.29, 1.82) is 0 Å². The number of thiophene rings is 2. The lowest BCUT2D eigenvalue weighted by atomic mass is 10.0. The molecule has 62 heavy (non-hydrogen) atoms. The number of nitrogens with zero attached hydrogens (tertiary/aromatic N) is 2. The molecule has 2 aromatic heterocycles. The highest BCUT2D eigenvalue weighted by Gasteiger charge is 2.16. The number of anilines is 6. The Bertz CT molecular complexity index is 2850. The van der Waals surface area contributed by atoms with Crippen LogP contribution in [0.5, 0.6) is 0 Å². The van der Waals surface area contributed by atoms with Crippen molar-refractivity contribution in [3.05, 3.63) is 240 Å². The molecule has 0 saturated carbocycles. The lowest BCUT2D eigenvalue weighted by Gasteiger charge is -2.27. The fourth-order valence-electron chi connectivity index (χ4n) is 8.10. The normalized spacial score (nSPS) is 11.1. The summed E-state index contributed by atoms with van der Waals surface area (Å²) in [4.78, 5) is 9.91. The largest absolute Gasteiger partial charge is 0.311 e. The summed E-state index contributed by atoms with van der Waals surface area (Å²) in [5, 5.41) is 0. The van der Waals surface area contributed by atoms with Crippen molar-refractivity contribution in [3.63, 3.8) is 0 Å². The molecule has 0 spiro atoms. The quantitative estimate of drug-likeness (QED) is 0.128. The number of rotatable bonds is 11. The molecule has 8 aromatic carbocycles. The second-order valence-electron chi connectivity index (χ2n) is 15.5. The minimum atomic E-state index is 1.10. The van der Waals surface area contributed by atoms with E-state index < -0.39 is 0 Å². The first-order chi connectivity index (χ1) is 30.5. The van der Waals surface area contributed by atoms with Crippen molar-refractivity contribution in [3.8, 4) is 54.3 Å². The highest BCUT2D eigenvalue weighted by Crippen LogP contribution is 2.41. The maximum atomic E-state index is 2.35. The van der Waals surface area contributed by atoms with Crippen LogP contribution in [0.4, 0.5) is 34.1 Å². The number of hydrogen-bond acceptors (Lipinski definition) is 4. The summed E-state index contributed by atoms with van der Waals surface area (Å²) in [5.41, 5.74) is 16.3. The molecule has 0 bridgehead atoms. The molecule has 0 unspecified atom stereocenters. The minimum absolute atomic E-state index is 1.10. The van der Waals surface area contributed by atoms with E-state index in [9.17, 15) is 0 Å². The van der Waals surface area contributed by atoms with E-state index in [-0.39, 0.29) is 0 Å². The molecular weight excluding hydrogens is 789 g/mol. The average Bonchev–Trinajstić information content (AvgIpc) is 3.99. The molecule has 0 saturated heterocycles. The first kappa shape index (κ1) is 38.9. The summed E-state index contributed by atoms with van der Waals surface area (Å²) < 4.78 is 0. The van der Waals surface area contributed by atoms with Crippen LogP contribution in [-0.2, 0) is 0 Å². The van der Waals surface area contributed by atoms with E-state index in [1.807, 2.05) is 22.7 Å². The van der Waals surface area contributed by atoms with E-state index in [2.05, 4.69) is 254 Å². The van der Waals surface area contributed by atoms with Gasteiger partial charge in [0.15, 0.2) is 0 Å². The van der Waals surface area contributed by atoms with Gasteiger partial charge in [-0.15, -0.1) is 22.7 Å². The van der Waals surface area contributed by atoms with Gasteiger partial charge in [0.1, 0.15) is 0 Å². The number of aryl methyl sites for hydroxylation is 2. The SMILES string of the molecule is Cc1ccc(-c2ccc(N(c3ccc(-c4ccc(N(c5ccc(-c6ccccc6)cc5)c5ccc(-c6ccccc6)cc5)cc4)cc3)c3ccc(-c4ccc(C)s4)cc3)cc2)s1. The van der Waals surface area contributed by atoms with Gasteiger partial charge in [-0.3, -0.25) is 0 Å². The summed E-state index contributed by atoms with van der Waals surface area (Å²) in [7, 11) is 0. The zero-order valence-corrected chi connectivity index (χ0v) is 36.3. The molecule has 0 aliphatic carbocycles. The van der Waals surface area contributed by atoms with E-state index in [0.29, 0.717) is 0 Å². The highest BCUT2D eigenvalue weighted by atomic mass is 32.1. The Hall–Kier alpha value is -7.24. The Balaban J connectivity index is 0.959. The van der Waals surface area contributed by atoms with Crippen molar-refractivity contribution in [1.82, 2.24) is 0 Å². The molecule has 0 amide bonds. The fourth-order valence-corrected chi connectivity index (χ4v) is 9.84. The molecule has 0 atom stereocenters. The standard InChI is InChI=1S/C58H44N2S2/c1-41-13-39-57(61-41)49-23-35-55(36-24-49)60(56-37-25-50(26-38-56)58-40-14-42(2)62-58)54-33-21-48(22-34-54)47-19-31-53(32-20-47)59(51-27-15-45(16-28-51)43-9-5-3-6-10-43)52-29-17-46(18-30-52)44-11-7-4-8-12-44/h3-40H,1-2H3. The van der Waals surface area contributed by atoms with E-state index in [0.717, 1.165) is 45.3 Å². The van der Waals surface area contributed by atoms with Crippen molar-refractivity contribution < 1.29 is 0 Å². The molecule has 0 fully saturated rings. The topological polar surface area (TPSA) is 6.48 Å². The molecule has 0 N–H and O–H groups in total. The molecule has 10 rings (SSSR count). The van der Waals surface area contributed by atoms with Crippen molar-refractivity contribution in [2.24, 2.45) is 0 Å². The first-order valence-electron chi connectivity index (χ1n) is 21.0. The predicted molar refractivity (Wildman–Crippen MR) is 268 cm³/mol. The molecule has 0 radical (unpaired) electrons. The third kappa shape index (κ3) is 8.27. The van der Waals surface area contributed by atoms with E-state index >= 15 is 0 Å². The van der Waals surface area contributed by atoms with Crippen LogP contribution < -0.4 is 9.80 Å². The van der Waals surface area contributed by atoms with Gasteiger partial charge in [0.25, 0.3) is 0 Å². The summed E-state index contributed by atoms with van der Waals surface area (Å²) in [6, 6.07) is 83.5. The van der Waals surface area contributed by atoms with Gasteiger partial charge in [-0.05, 0) is 155 Å². The van der Waals surface area contributed by atoms with Gasteiger partial charge < -0.3 is 9.80 Å². The third-order valence-electron chi connectivity index (χ3n) is 11.4. The number of benzene rings is 8. The smallest absolute Gasteiger partial charge is 0.0462 e. The Morgan fingerprint density at radius 3 is 0.677 bits per heavy atom. The van der Waals surface area contributed by atoms with Crippen molar-refractivity contribution in [2.45, 2.75) is 13.8 Å². The molecule has 0 aliphatic heterocycles. The van der Waals surface area contributed by atoms with Crippen LogP contribution in [0.15, 0.2) is 231 Å². The molecule has 10 aromatic rings. The maximum Gasteiger partial charge on any atom is 0.0462 e. The number of hydrogen-bond donors (Lipinski definition) is 0. The predicted octanol–water partition coefficient (Wildman–Crippen LogP) is 17.7. The van der Waals surface area contributed by atoms with Crippen LogP contribution in [0.3, 0.4) is 0 Å². The van der Waals surface area contributed by atoms with E-state index in [1.165, 1.54) is 52.9 Å². The zero-order valence-electron chi connectivity index (χ0n) is 34.7. The van der Waals surface area contributed by atoms with Crippen molar-refractivity contribution >= 4 is 56.8 Å². The molecule has 0 aliphatic rings. The monoisotopic (exact) mass is 832 g/mol. The van der Waals surface area contributed by atoms with Gasteiger partial charge in [0, 0.05) is 53.6 Å². The maximum absolute atomic E-state index is 2.35. The summed E-state index contributed by atoms with van der Waals surface area (Å²) in [5.74, 6) is 0. The lowest BCUT2D eigenvalue weighted by Crippen LogP contribution is -2.10. The van der Waals surface area contributed by atoms with Crippen LogP contribution in [0, 0.1) is 13.8 Å². The molecule has 2 heterocycles. The molecule has 2 nitrogen and oxygen atoms in total. The van der Waals surface area contributed by atoms with Crippen LogP contribution in [0.25, 0.3) is 54.3 Å². The Kier molecular flexibility index (Phi) is 10.9. The molecular formula is C58H44N2S2. The summed E-state index contributed by atoms with van der Waals surface area (Å²) in [6.45, 7) is 4.33. The van der Waals surface area contributed by atoms with E-state index in [4.69, 9.17) is 0 Å². The van der Waals surface area contributed by atoms with Crippen molar-refractivity contribution in [2.75, 3.05) is 9.80 Å². The van der Waals surface area contributed by atoms with Gasteiger partial charge in [-0.2, -0.15) is 0 Å². The first-order valence-corrected chi connectivity index (χ1v) is 22.6. The Morgan fingerprint density at radius 2 is 0.452 bits per heavy atom. The zero-order chi connectivity index (χ0) is 41.8. The van der Waals surface area contributed by atoms with Gasteiger partial charge in [-0.1, -0.05) is 133 Å². The van der Waals surface area contributed by atoms with Gasteiger partial charge >= 0.3 is 0 Å². The highest BCUT2D eigenvalue weighted by molar-refractivity contribution is 7.15. The fraction of sp³-hybridized carbons (Fsp3) is 0.0345. The van der Waals surface area contributed by atoms with E-state index in [1.54, 1.807) is 0 Å². The molecule has 298 valence electrons. The Morgan fingerprint density at radius 1 is 0.226 bits per heavy atom. The second-order valence-corrected chi connectivity index (χ2v) is 18.1. The van der Waals surface area contributed by atoms with Gasteiger partial charge in [0.2, 0.25) is 0 Å². The van der Waals surface area contributed by atoms with Crippen LogP contribution in [0.1, 0.15) is 9.75 Å². The average molecular weight is 833 g/mol. The Labute approximate surface area is 372 Å². The molecule has 4 heteroatoms. The van der Waals surface area contributed by atoms with Crippen LogP contribution in [0.2, 0.25) is 0 Å². The second kappa shape index (κ2) is 17.4. The minimum Gasteiger partial charge on any atom is -0.311 e. The third-order valence-corrected chi connectivity index (χ3v) is 13.4. The van der Waals surface area contributed by atoms with Gasteiger partial charge in [0.05, 0.1) is 0 Å². The summed E-state index contributed by atoms with van der Waals surface area (Å²) in [6.07, 6.45) is 0. The van der Waals surface area contributed by atoms with Crippen LogP contribution >= 0.6 is 22.7 Å². The summed E-state index contributed by atoms with van der Waals surface area (Å²) >= 11 is 3.66. The van der Waals surface area contributed by atoms with Gasteiger partial charge in [-0.25, -0.2) is 0 Å².